The number of piperazine rings is 1. The van der Waals surface area contributed by atoms with Crippen LogP contribution in [-0.2, 0) is 23.2 Å². The molecule has 21 heavy (non-hydrogen) atoms. The zero-order valence-corrected chi connectivity index (χ0v) is 13.4. The summed E-state index contributed by atoms with van der Waals surface area (Å²) in [6, 6.07) is 1.08. The number of rotatable bonds is 4. The SMILES string of the molecule is CCC(C)C1NC(=O)C(C)N(Cc2cc(C)nn2C)C1=O. The molecule has 6 heteroatoms. The van der Waals surface area contributed by atoms with Gasteiger partial charge in [-0.2, -0.15) is 5.10 Å². The van der Waals surface area contributed by atoms with Gasteiger partial charge in [0.2, 0.25) is 11.8 Å². The molecular formula is C15H24N4O2. The van der Waals surface area contributed by atoms with E-state index in [1.807, 2.05) is 33.9 Å². The molecule has 3 atom stereocenters. The quantitative estimate of drug-likeness (QED) is 0.900. The third-order valence-electron chi connectivity index (χ3n) is 4.34. The van der Waals surface area contributed by atoms with Gasteiger partial charge >= 0.3 is 0 Å². The van der Waals surface area contributed by atoms with Gasteiger partial charge in [-0.1, -0.05) is 20.3 Å². The number of aryl methyl sites for hydroxylation is 2. The van der Waals surface area contributed by atoms with Crippen molar-refractivity contribution in [1.29, 1.82) is 0 Å². The Morgan fingerprint density at radius 1 is 1.43 bits per heavy atom. The van der Waals surface area contributed by atoms with Gasteiger partial charge in [0.15, 0.2) is 0 Å². The lowest BCUT2D eigenvalue weighted by Crippen LogP contribution is -2.63. The van der Waals surface area contributed by atoms with E-state index < -0.39 is 12.1 Å². The molecule has 2 rings (SSSR count). The van der Waals surface area contributed by atoms with E-state index in [0.717, 1.165) is 17.8 Å². The predicted molar refractivity (Wildman–Crippen MR) is 79.3 cm³/mol. The summed E-state index contributed by atoms with van der Waals surface area (Å²) in [6.07, 6.45) is 0.851. The summed E-state index contributed by atoms with van der Waals surface area (Å²) in [7, 11) is 1.85. The van der Waals surface area contributed by atoms with Crippen molar-refractivity contribution >= 4 is 11.8 Å². The average Bonchev–Trinajstić information content (AvgIpc) is 2.76. The fourth-order valence-electron chi connectivity index (χ4n) is 2.67. The maximum Gasteiger partial charge on any atom is 0.246 e. The minimum absolute atomic E-state index is 0.00435. The van der Waals surface area contributed by atoms with Crippen LogP contribution in [0.15, 0.2) is 6.07 Å². The highest BCUT2D eigenvalue weighted by Gasteiger charge is 2.40. The lowest BCUT2D eigenvalue weighted by Gasteiger charge is -2.39. The molecule has 0 saturated carbocycles. The van der Waals surface area contributed by atoms with Gasteiger partial charge in [0.25, 0.3) is 0 Å². The highest BCUT2D eigenvalue weighted by atomic mass is 16.2. The van der Waals surface area contributed by atoms with Crippen molar-refractivity contribution in [3.8, 4) is 0 Å². The summed E-state index contributed by atoms with van der Waals surface area (Å²) in [6.45, 7) is 8.11. The minimum Gasteiger partial charge on any atom is -0.342 e. The molecule has 0 radical (unpaired) electrons. The van der Waals surface area contributed by atoms with Crippen molar-refractivity contribution in [1.82, 2.24) is 20.0 Å². The van der Waals surface area contributed by atoms with Crippen molar-refractivity contribution in [2.75, 3.05) is 0 Å². The fourth-order valence-corrected chi connectivity index (χ4v) is 2.67. The molecule has 1 aliphatic rings. The molecule has 1 fully saturated rings. The Bertz CT molecular complexity index is 552. The number of carbonyl (C=O) groups excluding carboxylic acids is 2. The van der Waals surface area contributed by atoms with Gasteiger partial charge in [-0.15, -0.1) is 0 Å². The van der Waals surface area contributed by atoms with E-state index in [0.29, 0.717) is 6.54 Å². The first-order chi connectivity index (χ1) is 9.85. The molecule has 2 amide bonds. The Morgan fingerprint density at radius 3 is 2.62 bits per heavy atom. The second-order valence-electron chi connectivity index (χ2n) is 5.91. The summed E-state index contributed by atoms with van der Waals surface area (Å²) in [5, 5.41) is 7.14. The predicted octanol–water partition coefficient (Wildman–Crippen LogP) is 0.990. The van der Waals surface area contributed by atoms with Crippen LogP contribution in [0.2, 0.25) is 0 Å². The van der Waals surface area contributed by atoms with Crippen molar-refractivity contribution < 1.29 is 9.59 Å². The molecule has 1 N–H and O–H groups in total. The molecular weight excluding hydrogens is 268 g/mol. The summed E-state index contributed by atoms with van der Waals surface area (Å²) in [5.74, 6) is 0.0406. The molecule has 116 valence electrons. The van der Waals surface area contributed by atoms with Gasteiger partial charge < -0.3 is 10.2 Å². The summed E-state index contributed by atoms with van der Waals surface area (Å²) >= 11 is 0. The highest BCUT2D eigenvalue weighted by molar-refractivity contribution is 5.96. The molecule has 1 saturated heterocycles. The summed E-state index contributed by atoms with van der Waals surface area (Å²) in [5.41, 5.74) is 1.85. The van der Waals surface area contributed by atoms with Crippen LogP contribution in [0.4, 0.5) is 0 Å². The third kappa shape index (κ3) is 2.94. The first-order valence-corrected chi connectivity index (χ1v) is 7.45. The van der Waals surface area contributed by atoms with E-state index in [1.54, 1.807) is 16.5 Å². The number of aromatic nitrogens is 2. The van der Waals surface area contributed by atoms with Gasteiger partial charge in [-0.25, -0.2) is 0 Å². The monoisotopic (exact) mass is 292 g/mol. The van der Waals surface area contributed by atoms with E-state index in [2.05, 4.69) is 10.4 Å². The summed E-state index contributed by atoms with van der Waals surface area (Å²) in [4.78, 5) is 26.5. The normalized spacial score (nSPS) is 24.1. The molecule has 3 unspecified atom stereocenters. The van der Waals surface area contributed by atoms with Crippen LogP contribution in [0.1, 0.15) is 38.6 Å². The van der Waals surface area contributed by atoms with Gasteiger partial charge in [-0.3, -0.25) is 14.3 Å². The van der Waals surface area contributed by atoms with Gasteiger partial charge in [0, 0.05) is 7.05 Å². The van der Waals surface area contributed by atoms with Crippen LogP contribution in [0, 0.1) is 12.8 Å². The van der Waals surface area contributed by atoms with Crippen molar-refractivity contribution in [3.05, 3.63) is 17.5 Å². The fraction of sp³-hybridized carbons (Fsp3) is 0.667. The molecule has 0 aromatic carbocycles. The first-order valence-electron chi connectivity index (χ1n) is 7.45. The Morgan fingerprint density at radius 2 is 2.10 bits per heavy atom. The number of nitrogens with zero attached hydrogens (tertiary/aromatic N) is 3. The zero-order chi connectivity index (χ0) is 15.7. The van der Waals surface area contributed by atoms with Crippen molar-refractivity contribution in [3.63, 3.8) is 0 Å². The maximum absolute atomic E-state index is 12.7. The lowest BCUT2D eigenvalue weighted by molar-refractivity contribution is -0.150. The van der Waals surface area contributed by atoms with Gasteiger partial charge in [-0.05, 0) is 25.8 Å². The Balaban J connectivity index is 2.24. The number of amides is 2. The standard InChI is InChI=1S/C15H24N4O2/c1-6-9(2)13-15(21)19(11(4)14(20)16-13)8-12-7-10(3)17-18(12)5/h7,9,11,13H,6,8H2,1-5H3,(H,16,20). The highest BCUT2D eigenvalue weighted by Crippen LogP contribution is 2.20. The molecule has 0 bridgehead atoms. The largest absolute Gasteiger partial charge is 0.342 e. The summed E-state index contributed by atoms with van der Waals surface area (Å²) < 4.78 is 1.76. The third-order valence-corrected chi connectivity index (χ3v) is 4.34. The zero-order valence-electron chi connectivity index (χ0n) is 13.4. The second kappa shape index (κ2) is 5.87. The second-order valence-corrected chi connectivity index (χ2v) is 5.91. The van der Waals surface area contributed by atoms with Crippen LogP contribution in [0.25, 0.3) is 0 Å². The minimum atomic E-state index is -0.451. The van der Waals surface area contributed by atoms with Crippen LogP contribution < -0.4 is 5.32 Å². The first kappa shape index (κ1) is 15.5. The average molecular weight is 292 g/mol. The Labute approximate surface area is 125 Å². The molecule has 1 aromatic rings. The van der Waals surface area contributed by atoms with E-state index in [1.165, 1.54) is 0 Å². The van der Waals surface area contributed by atoms with Crippen LogP contribution >= 0.6 is 0 Å². The van der Waals surface area contributed by atoms with E-state index in [-0.39, 0.29) is 17.7 Å². The van der Waals surface area contributed by atoms with Crippen LogP contribution in [0.3, 0.4) is 0 Å². The number of hydrogen-bond acceptors (Lipinski definition) is 3. The molecule has 0 spiro atoms. The lowest BCUT2D eigenvalue weighted by atomic mass is 9.94. The number of nitrogens with one attached hydrogen (secondary N) is 1. The number of carbonyl (C=O) groups is 2. The smallest absolute Gasteiger partial charge is 0.246 e. The van der Waals surface area contributed by atoms with Crippen LogP contribution in [0.5, 0.6) is 0 Å². The van der Waals surface area contributed by atoms with E-state index in [4.69, 9.17) is 0 Å². The Kier molecular flexibility index (Phi) is 4.34. The maximum atomic E-state index is 12.7. The topological polar surface area (TPSA) is 67.2 Å². The molecule has 1 aliphatic heterocycles. The van der Waals surface area contributed by atoms with E-state index in [9.17, 15) is 9.59 Å². The molecule has 0 aliphatic carbocycles. The molecule has 6 nitrogen and oxygen atoms in total. The van der Waals surface area contributed by atoms with Gasteiger partial charge in [0.05, 0.1) is 17.9 Å². The van der Waals surface area contributed by atoms with E-state index >= 15 is 0 Å². The van der Waals surface area contributed by atoms with Crippen LogP contribution in [-0.4, -0.2) is 38.6 Å². The molecule has 2 heterocycles. The van der Waals surface area contributed by atoms with Gasteiger partial charge in [0.1, 0.15) is 12.1 Å². The Hall–Kier alpha value is -1.85. The number of hydrogen-bond donors (Lipinski definition) is 1. The van der Waals surface area contributed by atoms with Crippen molar-refractivity contribution in [2.45, 2.75) is 52.7 Å². The molecule has 1 aromatic heterocycles. The van der Waals surface area contributed by atoms with Crippen molar-refractivity contribution in [2.24, 2.45) is 13.0 Å².